The van der Waals surface area contributed by atoms with Crippen LogP contribution in [0.5, 0.6) is 5.75 Å². The molecule has 2 aliphatic rings. The predicted molar refractivity (Wildman–Crippen MR) is 98.6 cm³/mol. The van der Waals surface area contributed by atoms with Crippen LogP contribution in [0.4, 0.5) is 5.69 Å². The summed E-state index contributed by atoms with van der Waals surface area (Å²) in [5.41, 5.74) is 6.76. The number of nitrogens with two attached hydrogens (primary N) is 1. The number of amides is 2. The van der Waals surface area contributed by atoms with Gasteiger partial charge >= 0.3 is 0 Å². The molecule has 0 saturated carbocycles. The lowest BCUT2D eigenvalue weighted by atomic mass is 9.82. The van der Waals surface area contributed by atoms with Crippen LogP contribution >= 0.6 is 11.8 Å². The molecule has 7 nitrogen and oxygen atoms in total. The Labute approximate surface area is 159 Å². The van der Waals surface area contributed by atoms with Crippen molar-refractivity contribution in [1.82, 2.24) is 0 Å². The van der Waals surface area contributed by atoms with Crippen molar-refractivity contribution in [3.8, 4) is 11.8 Å². The molecule has 0 unspecified atom stereocenters. The van der Waals surface area contributed by atoms with Crippen molar-refractivity contribution in [3.63, 3.8) is 0 Å². The summed E-state index contributed by atoms with van der Waals surface area (Å²) in [6, 6.07) is 12.1. The fraction of sp³-hybridized carbons (Fsp3) is 0.211. The number of benzene rings is 1. The first kappa shape index (κ1) is 17.2. The van der Waals surface area contributed by atoms with Gasteiger partial charge in [-0.05, 0) is 36.4 Å². The van der Waals surface area contributed by atoms with Crippen LogP contribution in [0.25, 0.3) is 0 Å². The van der Waals surface area contributed by atoms with Gasteiger partial charge in [-0.3, -0.25) is 9.59 Å². The van der Waals surface area contributed by atoms with Gasteiger partial charge in [-0.15, -0.1) is 0 Å². The molecule has 0 spiro atoms. The number of nitrogens with zero attached hydrogens (tertiary/aromatic N) is 2. The number of imide groups is 1. The molecule has 3 heterocycles. The highest BCUT2D eigenvalue weighted by Gasteiger charge is 2.56. The largest absolute Gasteiger partial charge is 0.497 e. The molecule has 0 aliphatic carbocycles. The zero-order chi connectivity index (χ0) is 19.1. The fourth-order valence-electron chi connectivity index (χ4n) is 3.54. The molecule has 3 atom stereocenters. The van der Waals surface area contributed by atoms with E-state index in [0.717, 1.165) is 16.7 Å². The SMILES string of the molecule is COc1ccc(N2C(=O)[C@H]3[C@@H](SC(N)=C(C#N)[C@H]3c3ccco3)C2=O)cc1. The van der Waals surface area contributed by atoms with Gasteiger partial charge in [0.2, 0.25) is 11.8 Å². The molecule has 1 aromatic heterocycles. The minimum Gasteiger partial charge on any atom is -0.497 e. The zero-order valence-electron chi connectivity index (χ0n) is 14.3. The van der Waals surface area contributed by atoms with Gasteiger partial charge in [0.05, 0.1) is 47.6 Å². The Morgan fingerprint density at radius 2 is 1.96 bits per heavy atom. The quantitative estimate of drug-likeness (QED) is 0.813. The number of furan rings is 1. The lowest BCUT2D eigenvalue weighted by molar-refractivity contribution is -0.122. The second-order valence-electron chi connectivity index (χ2n) is 6.16. The van der Waals surface area contributed by atoms with Crippen molar-refractivity contribution in [2.45, 2.75) is 11.2 Å². The number of hydrogen-bond acceptors (Lipinski definition) is 7. The summed E-state index contributed by atoms with van der Waals surface area (Å²) in [4.78, 5) is 27.4. The van der Waals surface area contributed by atoms with E-state index in [1.807, 2.05) is 0 Å². The van der Waals surface area contributed by atoms with E-state index in [1.165, 1.54) is 13.4 Å². The highest BCUT2D eigenvalue weighted by molar-refractivity contribution is 8.04. The van der Waals surface area contributed by atoms with Crippen LogP contribution in [0.1, 0.15) is 11.7 Å². The van der Waals surface area contributed by atoms with Crippen LogP contribution in [0, 0.1) is 17.2 Å². The Morgan fingerprint density at radius 3 is 2.56 bits per heavy atom. The summed E-state index contributed by atoms with van der Waals surface area (Å²) in [5.74, 6) is -1.09. The van der Waals surface area contributed by atoms with E-state index in [-0.39, 0.29) is 22.4 Å². The van der Waals surface area contributed by atoms with Gasteiger partial charge in [0.15, 0.2) is 0 Å². The maximum Gasteiger partial charge on any atom is 0.248 e. The number of fused-ring (bicyclic) bond motifs is 1. The van der Waals surface area contributed by atoms with E-state index in [2.05, 4.69) is 6.07 Å². The second kappa shape index (κ2) is 6.52. The Morgan fingerprint density at radius 1 is 1.22 bits per heavy atom. The van der Waals surface area contributed by atoms with Gasteiger partial charge in [0, 0.05) is 0 Å². The minimum atomic E-state index is -0.752. The summed E-state index contributed by atoms with van der Waals surface area (Å²) >= 11 is 1.07. The number of thioether (sulfide) groups is 1. The average molecular weight is 381 g/mol. The molecule has 2 N–H and O–H groups in total. The lowest BCUT2D eigenvalue weighted by Crippen LogP contribution is -2.33. The number of rotatable bonds is 3. The number of ether oxygens (including phenoxy) is 1. The van der Waals surface area contributed by atoms with Crippen LogP contribution in [-0.2, 0) is 9.59 Å². The zero-order valence-corrected chi connectivity index (χ0v) is 15.1. The van der Waals surface area contributed by atoms with Crippen molar-refractivity contribution in [2.75, 3.05) is 12.0 Å². The normalized spacial score (nSPS) is 24.7. The highest BCUT2D eigenvalue weighted by Crippen LogP contribution is 2.50. The third-order valence-electron chi connectivity index (χ3n) is 4.79. The maximum absolute atomic E-state index is 13.2. The third kappa shape index (κ3) is 2.59. The molecular weight excluding hydrogens is 366 g/mol. The van der Waals surface area contributed by atoms with Gasteiger partial charge < -0.3 is 14.9 Å². The molecule has 1 fully saturated rings. The van der Waals surface area contributed by atoms with Crippen LogP contribution in [0.3, 0.4) is 0 Å². The number of carbonyl (C=O) groups is 2. The Bertz CT molecular complexity index is 975. The first-order chi connectivity index (χ1) is 13.1. The molecular formula is C19H15N3O4S. The lowest BCUT2D eigenvalue weighted by Gasteiger charge is -2.28. The van der Waals surface area contributed by atoms with E-state index in [9.17, 15) is 14.9 Å². The van der Waals surface area contributed by atoms with Crippen molar-refractivity contribution in [3.05, 3.63) is 59.0 Å². The first-order valence-corrected chi connectivity index (χ1v) is 9.06. The molecule has 1 aromatic carbocycles. The fourth-order valence-corrected chi connectivity index (χ4v) is 4.74. The van der Waals surface area contributed by atoms with Crippen LogP contribution in [0.15, 0.2) is 57.7 Å². The summed E-state index contributed by atoms with van der Waals surface area (Å²) in [7, 11) is 1.54. The second-order valence-corrected chi connectivity index (χ2v) is 7.34. The smallest absolute Gasteiger partial charge is 0.248 e. The maximum atomic E-state index is 13.2. The highest BCUT2D eigenvalue weighted by atomic mass is 32.2. The molecule has 136 valence electrons. The minimum absolute atomic E-state index is 0.248. The molecule has 8 heteroatoms. The molecule has 27 heavy (non-hydrogen) atoms. The molecule has 4 rings (SSSR count). The Kier molecular flexibility index (Phi) is 4.16. The number of allylic oxidation sites excluding steroid dienone is 1. The topological polar surface area (TPSA) is 110 Å². The molecule has 2 aromatic rings. The van der Waals surface area contributed by atoms with E-state index < -0.39 is 17.1 Å². The van der Waals surface area contributed by atoms with Crippen LogP contribution in [-0.4, -0.2) is 24.2 Å². The third-order valence-corrected chi connectivity index (χ3v) is 6.01. The van der Waals surface area contributed by atoms with Gasteiger partial charge in [-0.2, -0.15) is 5.26 Å². The van der Waals surface area contributed by atoms with Gasteiger partial charge in [0.25, 0.3) is 0 Å². The summed E-state index contributed by atoms with van der Waals surface area (Å²) in [6.45, 7) is 0. The van der Waals surface area contributed by atoms with Crippen LogP contribution < -0.4 is 15.4 Å². The van der Waals surface area contributed by atoms with Crippen molar-refractivity contribution in [1.29, 1.82) is 5.26 Å². The number of hydrogen-bond donors (Lipinski definition) is 1. The first-order valence-electron chi connectivity index (χ1n) is 8.18. The average Bonchev–Trinajstić information content (AvgIpc) is 3.29. The molecule has 1 saturated heterocycles. The molecule has 0 radical (unpaired) electrons. The van der Waals surface area contributed by atoms with E-state index in [4.69, 9.17) is 14.9 Å². The van der Waals surface area contributed by atoms with E-state index in [1.54, 1.807) is 36.4 Å². The molecule has 0 bridgehead atoms. The van der Waals surface area contributed by atoms with E-state index >= 15 is 0 Å². The van der Waals surface area contributed by atoms with Crippen molar-refractivity contribution < 1.29 is 18.7 Å². The van der Waals surface area contributed by atoms with Crippen molar-refractivity contribution in [2.24, 2.45) is 11.7 Å². The number of anilines is 1. The number of nitriles is 1. The molecule has 2 aliphatic heterocycles. The summed E-state index contributed by atoms with van der Waals surface area (Å²) < 4.78 is 10.6. The van der Waals surface area contributed by atoms with Gasteiger partial charge in [-0.1, -0.05) is 11.8 Å². The van der Waals surface area contributed by atoms with E-state index in [0.29, 0.717) is 17.2 Å². The number of carbonyl (C=O) groups excluding carboxylic acids is 2. The van der Waals surface area contributed by atoms with Gasteiger partial charge in [-0.25, -0.2) is 4.90 Å². The predicted octanol–water partition coefficient (Wildman–Crippen LogP) is 2.37. The Balaban J connectivity index is 1.78. The Hall–Kier alpha value is -3.18. The molecule has 2 amide bonds. The number of methoxy groups -OCH3 is 1. The summed E-state index contributed by atoms with van der Waals surface area (Å²) in [5, 5.41) is 9.12. The van der Waals surface area contributed by atoms with Crippen molar-refractivity contribution >= 4 is 29.3 Å². The van der Waals surface area contributed by atoms with Crippen LogP contribution in [0.2, 0.25) is 0 Å². The standard InChI is InChI=1S/C19H15N3O4S/c1-25-11-6-4-10(5-7-11)22-18(23)15-14(13-3-2-8-26-13)12(9-20)17(21)27-16(15)19(22)24/h2-8,14-16H,21H2,1H3/t14-,15+,16+/m0/s1. The summed E-state index contributed by atoms with van der Waals surface area (Å²) in [6.07, 6.45) is 1.47. The van der Waals surface area contributed by atoms with Gasteiger partial charge in [0.1, 0.15) is 16.8 Å². The monoisotopic (exact) mass is 381 g/mol.